The number of nitrogens with zero attached hydrogens (tertiary/aromatic N) is 1. The first kappa shape index (κ1) is 18.3. The maximum absolute atomic E-state index is 12.2. The molecule has 3 rings (SSSR count). The van der Waals surface area contributed by atoms with Crippen molar-refractivity contribution in [3.63, 3.8) is 0 Å². The number of hydrazone groups is 1. The van der Waals surface area contributed by atoms with Crippen LogP contribution in [0.5, 0.6) is 17.2 Å². The maximum Gasteiger partial charge on any atom is 0.280 e. The minimum atomic E-state index is -0.734. The highest BCUT2D eigenvalue weighted by Gasteiger charge is 2.14. The number of ether oxygens (including phenoxy) is 2. The van der Waals surface area contributed by atoms with E-state index in [0.29, 0.717) is 17.1 Å². The number of hydrogen-bond acceptors (Lipinski definition) is 5. The van der Waals surface area contributed by atoms with Gasteiger partial charge in [0.25, 0.3) is 5.91 Å². The summed E-state index contributed by atoms with van der Waals surface area (Å²) in [6.07, 6.45) is 0.612. The van der Waals surface area contributed by atoms with Crippen LogP contribution in [0.4, 0.5) is 0 Å². The Kier molecular flexibility index (Phi) is 5.56. The fourth-order valence-corrected chi connectivity index (χ4v) is 2.56. The number of methoxy groups -OCH3 is 1. The molecule has 0 fully saturated rings. The summed E-state index contributed by atoms with van der Waals surface area (Å²) in [4.78, 5) is 12.2. The number of nitrogens with one attached hydrogen (secondary N) is 1. The summed E-state index contributed by atoms with van der Waals surface area (Å²) in [5, 5.41) is 16.0. The number of para-hydroxylation sites is 1. The molecular weight excluding hydrogens is 344 g/mol. The van der Waals surface area contributed by atoms with Gasteiger partial charge in [0.2, 0.25) is 0 Å². The van der Waals surface area contributed by atoms with Gasteiger partial charge in [-0.2, -0.15) is 5.10 Å². The molecule has 0 saturated heterocycles. The van der Waals surface area contributed by atoms with E-state index in [0.717, 1.165) is 10.8 Å². The summed E-state index contributed by atoms with van der Waals surface area (Å²) in [5.41, 5.74) is 2.84. The average molecular weight is 364 g/mol. The molecule has 6 nitrogen and oxygen atoms in total. The van der Waals surface area contributed by atoms with Gasteiger partial charge in [-0.1, -0.05) is 36.4 Å². The number of benzene rings is 3. The number of phenols is 1. The Balaban J connectivity index is 1.62. The molecule has 0 bridgehead atoms. The number of phenolic OH excluding ortho intramolecular Hbond substituents is 1. The monoisotopic (exact) mass is 364 g/mol. The van der Waals surface area contributed by atoms with Gasteiger partial charge >= 0.3 is 0 Å². The summed E-state index contributed by atoms with van der Waals surface area (Å²) in [6, 6.07) is 18.6. The first-order valence-corrected chi connectivity index (χ1v) is 8.43. The summed E-state index contributed by atoms with van der Waals surface area (Å²) in [5.74, 6) is 0.490. The second kappa shape index (κ2) is 8.23. The third kappa shape index (κ3) is 4.36. The molecule has 0 aromatic heterocycles. The fourth-order valence-electron chi connectivity index (χ4n) is 2.56. The van der Waals surface area contributed by atoms with E-state index < -0.39 is 12.0 Å². The van der Waals surface area contributed by atoms with Crippen LogP contribution in [0.25, 0.3) is 10.8 Å². The summed E-state index contributed by atoms with van der Waals surface area (Å²) in [6.45, 7) is 1.64. The number of hydrogen-bond donors (Lipinski definition) is 2. The summed E-state index contributed by atoms with van der Waals surface area (Å²) < 4.78 is 10.7. The number of carbonyl (C=O) groups excluding carboxylic acids is 1. The Morgan fingerprint density at radius 2 is 1.89 bits per heavy atom. The van der Waals surface area contributed by atoms with Crippen molar-refractivity contribution in [2.45, 2.75) is 13.0 Å². The molecule has 1 amide bonds. The van der Waals surface area contributed by atoms with Crippen LogP contribution >= 0.6 is 0 Å². The van der Waals surface area contributed by atoms with E-state index in [-0.39, 0.29) is 5.75 Å². The lowest BCUT2D eigenvalue weighted by Gasteiger charge is -2.13. The van der Waals surface area contributed by atoms with E-state index >= 15 is 0 Å². The van der Waals surface area contributed by atoms with Crippen molar-refractivity contribution >= 4 is 22.9 Å². The van der Waals surface area contributed by atoms with E-state index in [4.69, 9.17) is 9.47 Å². The molecule has 0 spiro atoms. The molecule has 0 unspecified atom stereocenters. The van der Waals surface area contributed by atoms with E-state index in [1.165, 1.54) is 13.3 Å². The molecule has 27 heavy (non-hydrogen) atoms. The maximum atomic E-state index is 12.2. The molecular formula is C21H20N2O4. The molecule has 1 atom stereocenters. The number of fused-ring (bicyclic) bond motifs is 1. The zero-order valence-corrected chi connectivity index (χ0v) is 15.0. The van der Waals surface area contributed by atoms with Gasteiger partial charge in [-0.15, -0.1) is 0 Å². The van der Waals surface area contributed by atoms with Crippen molar-refractivity contribution in [1.82, 2.24) is 5.43 Å². The lowest BCUT2D eigenvalue weighted by molar-refractivity contribution is -0.127. The Hall–Kier alpha value is -3.54. The number of rotatable bonds is 6. The lowest BCUT2D eigenvalue weighted by Crippen LogP contribution is -2.33. The van der Waals surface area contributed by atoms with Crippen LogP contribution in [0.3, 0.4) is 0 Å². The Labute approximate surface area is 157 Å². The molecule has 6 heteroatoms. The van der Waals surface area contributed by atoms with Crippen molar-refractivity contribution in [2.24, 2.45) is 5.10 Å². The minimum Gasteiger partial charge on any atom is -0.504 e. The van der Waals surface area contributed by atoms with Crippen LogP contribution in [0.1, 0.15) is 12.5 Å². The highest BCUT2D eigenvalue weighted by molar-refractivity contribution is 5.87. The third-order valence-corrected chi connectivity index (χ3v) is 4.03. The van der Waals surface area contributed by atoms with Gasteiger partial charge in [-0.25, -0.2) is 5.43 Å². The smallest absolute Gasteiger partial charge is 0.280 e. The lowest BCUT2D eigenvalue weighted by atomic mass is 10.1. The standard InChI is InChI=1S/C21H20N2O4/c1-14(27-18-11-10-15-6-3-4-7-16(15)12-18)21(25)23-22-13-17-8-5-9-19(26-2)20(17)24/h3-14,24H,1-2H3,(H,23,25)/b22-13+/t14-/m1/s1. The Morgan fingerprint density at radius 3 is 2.67 bits per heavy atom. The van der Waals surface area contributed by atoms with Crippen molar-refractivity contribution in [3.05, 3.63) is 66.2 Å². The number of carbonyl (C=O) groups is 1. The molecule has 0 radical (unpaired) electrons. The van der Waals surface area contributed by atoms with Crippen molar-refractivity contribution in [2.75, 3.05) is 7.11 Å². The first-order chi connectivity index (χ1) is 13.1. The van der Waals surface area contributed by atoms with Gasteiger partial charge in [0.05, 0.1) is 13.3 Å². The number of amides is 1. The van der Waals surface area contributed by atoms with Crippen LogP contribution in [0.15, 0.2) is 65.8 Å². The predicted octanol–water partition coefficient (Wildman–Crippen LogP) is 3.47. The zero-order valence-electron chi connectivity index (χ0n) is 15.0. The SMILES string of the molecule is COc1cccc(/C=N/NC(=O)[C@@H](C)Oc2ccc3ccccc3c2)c1O. The predicted molar refractivity (Wildman–Crippen MR) is 104 cm³/mol. The normalized spacial score (nSPS) is 12.1. The highest BCUT2D eigenvalue weighted by atomic mass is 16.5. The van der Waals surface area contributed by atoms with E-state index in [1.807, 2.05) is 42.5 Å². The summed E-state index contributed by atoms with van der Waals surface area (Å²) in [7, 11) is 1.46. The van der Waals surface area contributed by atoms with E-state index in [9.17, 15) is 9.90 Å². The molecule has 3 aromatic rings. The molecule has 0 aliphatic carbocycles. The molecule has 0 aliphatic rings. The second-order valence-electron chi connectivity index (χ2n) is 5.90. The largest absolute Gasteiger partial charge is 0.504 e. The minimum absolute atomic E-state index is 0.0431. The quantitative estimate of drug-likeness (QED) is 0.518. The van der Waals surface area contributed by atoms with Crippen LogP contribution in [-0.2, 0) is 4.79 Å². The summed E-state index contributed by atoms with van der Waals surface area (Å²) >= 11 is 0. The van der Waals surface area contributed by atoms with E-state index in [2.05, 4.69) is 10.5 Å². The molecule has 0 aliphatic heterocycles. The van der Waals surface area contributed by atoms with Gasteiger partial charge in [0.15, 0.2) is 17.6 Å². The topological polar surface area (TPSA) is 80.2 Å². The Bertz CT molecular complexity index is 985. The van der Waals surface area contributed by atoms with Gasteiger partial charge in [-0.05, 0) is 42.0 Å². The Morgan fingerprint density at radius 1 is 1.11 bits per heavy atom. The average Bonchev–Trinajstić information content (AvgIpc) is 2.69. The fraction of sp³-hybridized carbons (Fsp3) is 0.143. The molecule has 138 valence electrons. The molecule has 2 N–H and O–H groups in total. The van der Waals surface area contributed by atoms with Crippen molar-refractivity contribution < 1.29 is 19.4 Å². The van der Waals surface area contributed by atoms with Crippen LogP contribution in [0.2, 0.25) is 0 Å². The molecule has 0 saturated carbocycles. The van der Waals surface area contributed by atoms with Crippen LogP contribution in [-0.4, -0.2) is 30.4 Å². The van der Waals surface area contributed by atoms with Crippen molar-refractivity contribution in [1.29, 1.82) is 0 Å². The number of aromatic hydroxyl groups is 1. The van der Waals surface area contributed by atoms with Gasteiger partial charge in [0.1, 0.15) is 5.75 Å². The second-order valence-corrected chi connectivity index (χ2v) is 5.90. The zero-order chi connectivity index (χ0) is 19.2. The van der Waals surface area contributed by atoms with E-state index in [1.54, 1.807) is 25.1 Å². The first-order valence-electron chi connectivity index (χ1n) is 8.43. The molecule has 3 aromatic carbocycles. The third-order valence-electron chi connectivity index (χ3n) is 4.03. The van der Waals surface area contributed by atoms with Crippen LogP contribution < -0.4 is 14.9 Å². The highest BCUT2D eigenvalue weighted by Crippen LogP contribution is 2.28. The van der Waals surface area contributed by atoms with Crippen molar-refractivity contribution in [3.8, 4) is 17.2 Å². The van der Waals surface area contributed by atoms with Gasteiger partial charge in [0, 0.05) is 5.56 Å². The molecule has 0 heterocycles. The van der Waals surface area contributed by atoms with Crippen LogP contribution in [0, 0.1) is 0 Å². The van der Waals surface area contributed by atoms with Gasteiger partial charge < -0.3 is 14.6 Å². The van der Waals surface area contributed by atoms with Gasteiger partial charge in [-0.3, -0.25) is 4.79 Å².